The summed E-state index contributed by atoms with van der Waals surface area (Å²) in [6, 6.07) is 0. The summed E-state index contributed by atoms with van der Waals surface area (Å²) in [5, 5.41) is 0. The van der Waals surface area contributed by atoms with Crippen LogP contribution in [0.4, 0.5) is 0 Å². The first-order valence-electron chi connectivity index (χ1n) is 3.89. The molecule has 3 nitrogen and oxygen atoms in total. The van der Waals surface area contributed by atoms with Crippen LogP contribution in [0.2, 0.25) is 0 Å². The average molecular weight is 146 g/mol. The van der Waals surface area contributed by atoms with E-state index in [1.54, 1.807) is 0 Å². The lowest BCUT2D eigenvalue weighted by molar-refractivity contribution is -0.0592. The molecule has 3 heteroatoms. The van der Waals surface area contributed by atoms with E-state index in [1.165, 1.54) is 0 Å². The summed E-state index contributed by atoms with van der Waals surface area (Å²) in [5.74, 6) is 5.09. The van der Waals surface area contributed by atoms with Crippen LogP contribution in [0.15, 0.2) is 0 Å². The van der Waals surface area contributed by atoms with Crippen LogP contribution >= 0.6 is 0 Å². The molecule has 0 fully saturated rings. The van der Waals surface area contributed by atoms with Crippen molar-refractivity contribution < 1.29 is 4.84 Å². The molecule has 0 saturated carbocycles. The quantitative estimate of drug-likeness (QED) is 0.463. The fourth-order valence-corrected chi connectivity index (χ4v) is 1.07. The third kappa shape index (κ3) is 2.64. The summed E-state index contributed by atoms with van der Waals surface area (Å²) >= 11 is 0. The molecule has 62 valence electrons. The molecule has 0 bridgehead atoms. The number of hydrogen-bond acceptors (Lipinski definition) is 3. The molecule has 0 heterocycles. The van der Waals surface area contributed by atoms with E-state index in [0.29, 0.717) is 0 Å². The van der Waals surface area contributed by atoms with Gasteiger partial charge in [-0.1, -0.05) is 20.8 Å². The van der Waals surface area contributed by atoms with Crippen molar-refractivity contribution in [2.45, 2.75) is 33.4 Å². The zero-order chi connectivity index (χ0) is 7.98. The van der Waals surface area contributed by atoms with E-state index < -0.39 is 0 Å². The zero-order valence-corrected chi connectivity index (χ0v) is 7.13. The fourth-order valence-electron chi connectivity index (χ4n) is 1.07. The second-order valence-corrected chi connectivity index (χ2v) is 2.22. The molecule has 1 unspecified atom stereocenters. The third-order valence-corrected chi connectivity index (χ3v) is 1.73. The minimum Gasteiger partial charge on any atom is -0.286 e. The maximum absolute atomic E-state index is 5.09. The Morgan fingerprint density at radius 2 is 1.80 bits per heavy atom. The van der Waals surface area contributed by atoms with Gasteiger partial charge in [0.2, 0.25) is 0 Å². The highest BCUT2D eigenvalue weighted by Gasteiger charge is 2.11. The van der Waals surface area contributed by atoms with E-state index in [1.807, 2.05) is 0 Å². The first-order valence-corrected chi connectivity index (χ1v) is 3.89. The monoisotopic (exact) mass is 146 g/mol. The van der Waals surface area contributed by atoms with Gasteiger partial charge in [-0.15, -0.1) is 0 Å². The van der Waals surface area contributed by atoms with Gasteiger partial charge in [0.25, 0.3) is 0 Å². The Morgan fingerprint density at radius 1 is 1.30 bits per heavy atom. The Morgan fingerprint density at radius 3 is 1.90 bits per heavy atom. The molecule has 0 aromatic heterocycles. The van der Waals surface area contributed by atoms with E-state index in [2.05, 4.69) is 25.7 Å². The van der Waals surface area contributed by atoms with Crippen LogP contribution in [0.5, 0.6) is 0 Å². The van der Waals surface area contributed by atoms with Gasteiger partial charge in [0, 0.05) is 0 Å². The van der Waals surface area contributed by atoms with E-state index in [0.717, 1.165) is 19.5 Å². The molecule has 0 aliphatic carbocycles. The number of hydrogen-bond donors (Lipinski definition) is 1. The summed E-state index contributed by atoms with van der Waals surface area (Å²) in [4.78, 5) is 6.95. The minimum absolute atomic E-state index is 0.0926. The third-order valence-electron chi connectivity index (χ3n) is 1.73. The predicted molar refractivity (Wildman–Crippen MR) is 42.3 cm³/mol. The molecule has 0 aromatic rings. The summed E-state index contributed by atoms with van der Waals surface area (Å²) in [7, 11) is 0. The van der Waals surface area contributed by atoms with Crippen molar-refractivity contribution in [3.8, 4) is 0 Å². The fraction of sp³-hybridized carbons (Fsp3) is 1.00. The van der Waals surface area contributed by atoms with Crippen molar-refractivity contribution in [2.75, 3.05) is 13.1 Å². The maximum atomic E-state index is 5.09. The first-order chi connectivity index (χ1) is 4.79. The molecule has 0 aromatic carbocycles. The van der Waals surface area contributed by atoms with Crippen LogP contribution in [-0.2, 0) is 4.84 Å². The van der Waals surface area contributed by atoms with Crippen molar-refractivity contribution in [3.63, 3.8) is 0 Å². The van der Waals surface area contributed by atoms with Gasteiger partial charge in [-0.3, -0.25) is 9.74 Å². The number of rotatable bonds is 5. The molecule has 0 rings (SSSR count). The smallest absolute Gasteiger partial charge is 0.131 e. The molecular formula is C7H18N2O. The number of nitrogens with zero attached hydrogens (tertiary/aromatic N) is 1. The summed E-state index contributed by atoms with van der Waals surface area (Å²) < 4.78 is 0. The van der Waals surface area contributed by atoms with Crippen LogP contribution in [-0.4, -0.2) is 24.2 Å². The van der Waals surface area contributed by atoms with Gasteiger partial charge >= 0.3 is 0 Å². The largest absolute Gasteiger partial charge is 0.286 e. The van der Waals surface area contributed by atoms with E-state index in [4.69, 9.17) is 10.7 Å². The highest BCUT2D eigenvalue weighted by Crippen LogP contribution is 2.01. The summed E-state index contributed by atoms with van der Waals surface area (Å²) in [6.45, 7) is 8.25. The van der Waals surface area contributed by atoms with Crippen LogP contribution in [0.25, 0.3) is 0 Å². The van der Waals surface area contributed by atoms with Gasteiger partial charge in [-0.25, -0.2) is 5.90 Å². The Hall–Kier alpha value is -0.120. The van der Waals surface area contributed by atoms with Crippen molar-refractivity contribution >= 4 is 0 Å². The lowest BCUT2D eigenvalue weighted by atomic mass is 10.3. The molecule has 0 aliphatic heterocycles. The lowest BCUT2D eigenvalue weighted by Crippen LogP contribution is -2.38. The predicted octanol–water partition coefficient (Wildman–Crippen LogP) is 0.955. The second kappa shape index (κ2) is 5.65. The molecule has 0 amide bonds. The maximum Gasteiger partial charge on any atom is 0.131 e. The normalized spacial score (nSPS) is 14.1. The van der Waals surface area contributed by atoms with E-state index in [9.17, 15) is 0 Å². The summed E-state index contributed by atoms with van der Waals surface area (Å²) in [6.07, 6.45) is 1.04. The molecule has 2 N–H and O–H groups in total. The molecular weight excluding hydrogens is 128 g/mol. The first kappa shape index (κ1) is 9.88. The van der Waals surface area contributed by atoms with Crippen molar-refractivity contribution in [3.05, 3.63) is 0 Å². The highest BCUT2D eigenvalue weighted by atomic mass is 16.6. The van der Waals surface area contributed by atoms with Gasteiger partial charge in [-0.05, 0) is 19.5 Å². The van der Waals surface area contributed by atoms with E-state index >= 15 is 0 Å². The SMILES string of the molecule is CCC(ON)N(CC)CC. The van der Waals surface area contributed by atoms with E-state index in [-0.39, 0.29) is 6.23 Å². The van der Waals surface area contributed by atoms with Crippen LogP contribution < -0.4 is 5.90 Å². The standard InChI is InChI=1S/C7H18N2O/c1-4-7(10-8)9(5-2)6-3/h7H,4-6,8H2,1-3H3. The zero-order valence-electron chi connectivity index (χ0n) is 7.13. The highest BCUT2D eigenvalue weighted by molar-refractivity contribution is 4.55. The molecule has 0 radical (unpaired) electrons. The van der Waals surface area contributed by atoms with Gasteiger partial charge < -0.3 is 0 Å². The minimum atomic E-state index is 0.0926. The van der Waals surface area contributed by atoms with Gasteiger partial charge in [-0.2, -0.15) is 0 Å². The molecule has 0 aliphatic rings. The summed E-state index contributed by atoms with van der Waals surface area (Å²) in [5.41, 5.74) is 0. The van der Waals surface area contributed by atoms with Crippen molar-refractivity contribution in [2.24, 2.45) is 5.90 Å². The second-order valence-electron chi connectivity index (χ2n) is 2.22. The topological polar surface area (TPSA) is 38.5 Å². The molecule has 0 saturated heterocycles. The Balaban J connectivity index is 3.70. The van der Waals surface area contributed by atoms with Crippen LogP contribution in [0, 0.1) is 0 Å². The lowest BCUT2D eigenvalue weighted by Gasteiger charge is -2.25. The van der Waals surface area contributed by atoms with Gasteiger partial charge in [0.15, 0.2) is 0 Å². The Kier molecular flexibility index (Phi) is 5.58. The average Bonchev–Trinajstić information content (AvgIpc) is 2.00. The molecule has 0 spiro atoms. The van der Waals surface area contributed by atoms with Crippen molar-refractivity contribution in [1.29, 1.82) is 0 Å². The Bertz CT molecular complexity index is 60.0. The number of nitrogens with two attached hydrogens (primary N) is 1. The van der Waals surface area contributed by atoms with Crippen LogP contribution in [0.3, 0.4) is 0 Å². The van der Waals surface area contributed by atoms with Crippen LogP contribution in [0.1, 0.15) is 27.2 Å². The molecule has 1 atom stereocenters. The van der Waals surface area contributed by atoms with Crippen molar-refractivity contribution in [1.82, 2.24) is 4.90 Å². The molecule has 10 heavy (non-hydrogen) atoms. The van der Waals surface area contributed by atoms with Gasteiger partial charge in [0.1, 0.15) is 6.23 Å². The van der Waals surface area contributed by atoms with Gasteiger partial charge in [0.05, 0.1) is 0 Å². The Labute approximate surface area is 63.1 Å².